The third-order valence-corrected chi connectivity index (χ3v) is 4.89. The Morgan fingerprint density at radius 1 is 1.26 bits per heavy atom. The maximum absolute atomic E-state index is 13.2. The number of benzene rings is 2. The minimum atomic E-state index is -0.837. The molecule has 9 nitrogen and oxygen atoms in total. The van der Waals surface area contributed by atoms with E-state index < -0.39 is 40.8 Å². The molecule has 0 bridgehead atoms. The van der Waals surface area contributed by atoms with Crippen molar-refractivity contribution in [3.05, 3.63) is 64.0 Å². The molecule has 2 aromatic carbocycles. The summed E-state index contributed by atoms with van der Waals surface area (Å²) >= 11 is 0. The number of ether oxygens (including phenoxy) is 1. The van der Waals surface area contributed by atoms with E-state index in [2.05, 4.69) is 5.32 Å². The smallest absolute Gasteiger partial charge is 0.311 e. The lowest BCUT2D eigenvalue weighted by atomic mass is 10.1. The molecule has 1 aliphatic heterocycles. The number of esters is 1. The number of aryl methyl sites for hydroxylation is 1. The van der Waals surface area contributed by atoms with Crippen molar-refractivity contribution < 1.29 is 28.4 Å². The van der Waals surface area contributed by atoms with Crippen LogP contribution in [0.5, 0.6) is 0 Å². The third-order valence-electron chi connectivity index (χ3n) is 4.89. The van der Waals surface area contributed by atoms with Gasteiger partial charge in [0.15, 0.2) is 6.61 Å². The van der Waals surface area contributed by atoms with Gasteiger partial charge in [0.2, 0.25) is 5.91 Å². The maximum Gasteiger partial charge on any atom is 0.311 e. The Hall–Kier alpha value is -3.82. The lowest BCUT2D eigenvalue weighted by Gasteiger charge is -2.17. The number of amides is 2. The highest BCUT2D eigenvalue weighted by atomic mass is 19.1. The second-order valence-corrected chi connectivity index (χ2v) is 7.00. The Kier molecular flexibility index (Phi) is 6.58. The second kappa shape index (κ2) is 9.33. The van der Waals surface area contributed by atoms with Crippen molar-refractivity contribution in [3.63, 3.8) is 0 Å². The Bertz CT molecular complexity index is 1020. The Morgan fingerprint density at radius 3 is 2.61 bits per heavy atom. The first-order chi connectivity index (χ1) is 14.8. The van der Waals surface area contributed by atoms with E-state index in [1.54, 1.807) is 0 Å². The van der Waals surface area contributed by atoms with E-state index in [9.17, 15) is 28.9 Å². The summed E-state index contributed by atoms with van der Waals surface area (Å²) in [6, 6.07) is 10.1. The van der Waals surface area contributed by atoms with Gasteiger partial charge in [-0.1, -0.05) is 19.1 Å². The van der Waals surface area contributed by atoms with E-state index in [1.165, 1.54) is 4.90 Å². The topological polar surface area (TPSA) is 119 Å². The fourth-order valence-electron chi connectivity index (χ4n) is 3.23. The number of anilines is 2. The highest BCUT2D eigenvalue weighted by Crippen LogP contribution is 2.27. The first kappa shape index (κ1) is 21.9. The predicted molar refractivity (Wildman–Crippen MR) is 109 cm³/mol. The lowest BCUT2D eigenvalue weighted by molar-refractivity contribution is -0.384. The molecule has 10 heteroatoms. The van der Waals surface area contributed by atoms with Gasteiger partial charge in [-0.3, -0.25) is 24.5 Å². The SMILES string of the molecule is CCc1ccc(N2CC(C(=O)OCC(=O)Nc3ccc(F)cc3[N+](=O)[O-])CC2=O)cc1. The molecule has 2 aromatic rings. The van der Waals surface area contributed by atoms with Crippen molar-refractivity contribution in [2.75, 3.05) is 23.4 Å². The fourth-order valence-corrected chi connectivity index (χ4v) is 3.23. The normalized spacial score (nSPS) is 15.6. The van der Waals surface area contributed by atoms with Crippen LogP contribution in [-0.2, 0) is 25.5 Å². The molecule has 1 aliphatic rings. The molecule has 0 aliphatic carbocycles. The zero-order chi connectivity index (χ0) is 22.5. The van der Waals surface area contributed by atoms with E-state index in [0.717, 1.165) is 24.1 Å². The van der Waals surface area contributed by atoms with Gasteiger partial charge in [-0.25, -0.2) is 4.39 Å². The van der Waals surface area contributed by atoms with Crippen LogP contribution in [0.25, 0.3) is 0 Å². The molecule has 1 heterocycles. The lowest BCUT2D eigenvalue weighted by Crippen LogP contribution is -2.28. The average Bonchev–Trinajstić information content (AvgIpc) is 3.15. The quantitative estimate of drug-likeness (QED) is 0.411. The zero-order valence-corrected chi connectivity index (χ0v) is 16.7. The molecular formula is C21H20FN3O6. The number of nitrogens with zero attached hydrogens (tertiary/aromatic N) is 2. The zero-order valence-electron chi connectivity index (χ0n) is 16.7. The van der Waals surface area contributed by atoms with Crippen LogP contribution in [0.1, 0.15) is 18.9 Å². The van der Waals surface area contributed by atoms with Crippen molar-refractivity contribution in [3.8, 4) is 0 Å². The molecule has 1 N–H and O–H groups in total. The molecule has 162 valence electrons. The average molecular weight is 429 g/mol. The van der Waals surface area contributed by atoms with Gasteiger partial charge in [-0.15, -0.1) is 0 Å². The predicted octanol–water partition coefficient (Wildman–Crippen LogP) is 2.83. The highest BCUT2D eigenvalue weighted by molar-refractivity contribution is 6.00. The standard InChI is InChI=1S/C21H20FN3O6/c1-2-13-3-6-16(7-4-13)24-11-14(9-20(24)27)21(28)31-12-19(26)23-17-8-5-15(22)10-18(17)25(29)30/h3-8,10,14H,2,9,11-12H2,1H3,(H,23,26). The molecule has 1 atom stereocenters. The van der Waals surface area contributed by atoms with Gasteiger partial charge in [0.05, 0.1) is 16.9 Å². The third kappa shape index (κ3) is 5.21. The summed E-state index contributed by atoms with van der Waals surface area (Å²) in [5.74, 6) is -3.32. The summed E-state index contributed by atoms with van der Waals surface area (Å²) < 4.78 is 18.2. The molecule has 3 rings (SSSR count). The Morgan fingerprint density at radius 2 is 1.97 bits per heavy atom. The van der Waals surface area contributed by atoms with Crippen molar-refractivity contribution in [2.24, 2.45) is 5.92 Å². The maximum atomic E-state index is 13.2. The van der Waals surface area contributed by atoms with Gasteiger partial charge in [0, 0.05) is 18.7 Å². The summed E-state index contributed by atoms with van der Waals surface area (Å²) in [5.41, 5.74) is 0.966. The van der Waals surface area contributed by atoms with E-state index in [1.807, 2.05) is 31.2 Å². The van der Waals surface area contributed by atoms with Crippen LogP contribution in [0.3, 0.4) is 0 Å². The molecule has 0 spiro atoms. The first-order valence-corrected chi connectivity index (χ1v) is 9.58. The summed E-state index contributed by atoms with van der Waals surface area (Å²) in [5, 5.41) is 13.2. The van der Waals surface area contributed by atoms with Crippen LogP contribution in [0.2, 0.25) is 0 Å². The van der Waals surface area contributed by atoms with Crippen LogP contribution in [0.4, 0.5) is 21.5 Å². The van der Waals surface area contributed by atoms with E-state index in [-0.39, 0.29) is 24.6 Å². The van der Waals surface area contributed by atoms with Crippen LogP contribution in [0.15, 0.2) is 42.5 Å². The van der Waals surface area contributed by atoms with E-state index >= 15 is 0 Å². The molecule has 0 aromatic heterocycles. The summed E-state index contributed by atoms with van der Waals surface area (Å²) in [6.45, 7) is 1.46. The van der Waals surface area contributed by atoms with E-state index in [4.69, 9.17) is 4.74 Å². The number of hydrogen-bond acceptors (Lipinski definition) is 6. The second-order valence-electron chi connectivity index (χ2n) is 7.00. The van der Waals surface area contributed by atoms with Crippen LogP contribution >= 0.6 is 0 Å². The molecule has 0 saturated carbocycles. The largest absolute Gasteiger partial charge is 0.455 e. The van der Waals surface area contributed by atoms with Gasteiger partial charge in [0.25, 0.3) is 11.6 Å². The van der Waals surface area contributed by atoms with Crippen molar-refractivity contribution in [1.82, 2.24) is 0 Å². The number of halogens is 1. The Labute approximate surface area is 176 Å². The van der Waals surface area contributed by atoms with Gasteiger partial charge >= 0.3 is 5.97 Å². The summed E-state index contributed by atoms with van der Waals surface area (Å²) in [7, 11) is 0. The van der Waals surface area contributed by atoms with Gasteiger partial charge in [-0.2, -0.15) is 0 Å². The minimum absolute atomic E-state index is 0.0422. The molecule has 1 unspecified atom stereocenters. The molecule has 1 fully saturated rings. The van der Waals surface area contributed by atoms with Gasteiger partial charge in [-0.05, 0) is 36.2 Å². The number of nitrogens with one attached hydrogen (secondary N) is 1. The van der Waals surface area contributed by atoms with Crippen molar-refractivity contribution >= 4 is 34.8 Å². The van der Waals surface area contributed by atoms with Gasteiger partial charge < -0.3 is 15.0 Å². The number of carbonyl (C=O) groups excluding carboxylic acids is 3. The van der Waals surface area contributed by atoms with E-state index in [0.29, 0.717) is 11.8 Å². The molecule has 31 heavy (non-hydrogen) atoms. The molecule has 0 radical (unpaired) electrons. The van der Waals surface area contributed by atoms with Crippen LogP contribution in [-0.4, -0.2) is 35.9 Å². The number of nitro groups is 1. The molecule has 2 amide bonds. The van der Waals surface area contributed by atoms with Crippen molar-refractivity contribution in [2.45, 2.75) is 19.8 Å². The van der Waals surface area contributed by atoms with Crippen LogP contribution in [0, 0.1) is 21.8 Å². The minimum Gasteiger partial charge on any atom is -0.455 e. The number of nitro benzene ring substituents is 1. The first-order valence-electron chi connectivity index (χ1n) is 9.58. The number of hydrogen-bond donors (Lipinski definition) is 1. The summed E-state index contributed by atoms with van der Waals surface area (Å²) in [6.07, 6.45) is 0.825. The van der Waals surface area contributed by atoms with Gasteiger partial charge in [0.1, 0.15) is 11.5 Å². The monoisotopic (exact) mass is 429 g/mol. The van der Waals surface area contributed by atoms with Crippen LogP contribution < -0.4 is 10.2 Å². The number of carbonyl (C=O) groups is 3. The number of rotatable bonds is 7. The summed E-state index contributed by atoms with van der Waals surface area (Å²) in [4.78, 5) is 48.3. The fraction of sp³-hybridized carbons (Fsp3) is 0.286. The molecular weight excluding hydrogens is 409 g/mol. The van der Waals surface area contributed by atoms with Crippen molar-refractivity contribution in [1.29, 1.82) is 0 Å². The highest BCUT2D eigenvalue weighted by Gasteiger charge is 2.36. The molecule has 1 saturated heterocycles. The Balaban J connectivity index is 1.55.